The van der Waals surface area contributed by atoms with Gasteiger partial charge < -0.3 is 4.74 Å². The van der Waals surface area contributed by atoms with Crippen LogP contribution in [0.4, 0.5) is 9.80 Å². The number of imide groups is 2. The number of urea groups is 1. The van der Waals surface area contributed by atoms with Crippen molar-refractivity contribution >= 4 is 46.4 Å². The lowest BCUT2D eigenvalue weighted by atomic mass is 10.0. The Bertz CT molecular complexity index is 916. The summed E-state index contributed by atoms with van der Waals surface area (Å²) in [6.07, 6.45) is 1.11. The van der Waals surface area contributed by atoms with Crippen LogP contribution in [0.25, 0.3) is 11.1 Å². The van der Waals surface area contributed by atoms with E-state index in [1.165, 1.54) is 11.3 Å². The number of carbonyl (C=O) groups is 4. The van der Waals surface area contributed by atoms with Gasteiger partial charge in [0.1, 0.15) is 10.6 Å². The summed E-state index contributed by atoms with van der Waals surface area (Å²) in [6, 6.07) is 8.39. The average molecular weight is 385 g/mol. The Morgan fingerprint density at radius 3 is 2.48 bits per heavy atom. The molecule has 3 rings (SSSR count). The number of nitrogens with one attached hydrogen (secondary N) is 2. The third-order valence-corrected chi connectivity index (χ3v) is 4.60. The number of amides is 4. The van der Waals surface area contributed by atoms with Crippen LogP contribution in [0, 0.1) is 5.92 Å². The highest BCUT2D eigenvalue weighted by Crippen LogP contribution is 2.38. The summed E-state index contributed by atoms with van der Waals surface area (Å²) in [6.45, 7) is 1.89. The minimum Gasteiger partial charge on any atom is -0.462 e. The van der Waals surface area contributed by atoms with Crippen molar-refractivity contribution in [2.45, 2.75) is 6.92 Å². The number of barbiturate groups is 1. The summed E-state index contributed by atoms with van der Waals surface area (Å²) in [5.41, 5.74) is 1.73. The second kappa shape index (κ2) is 7.92. The first-order valence-electron chi connectivity index (χ1n) is 8.05. The Hall–Kier alpha value is -3.33. The lowest BCUT2D eigenvalue weighted by Gasteiger charge is -2.16. The molecule has 1 fully saturated rings. The second-order valence-corrected chi connectivity index (χ2v) is 6.34. The first kappa shape index (κ1) is 18.5. The zero-order valence-electron chi connectivity index (χ0n) is 14.2. The Balaban J connectivity index is 1.97. The largest absolute Gasteiger partial charge is 0.462 e. The molecule has 0 bridgehead atoms. The maximum atomic E-state index is 12.5. The van der Waals surface area contributed by atoms with E-state index in [0.29, 0.717) is 10.6 Å². The molecule has 0 saturated carbocycles. The summed E-state index contributed by atoms with van der Waals surface area (Å²) in [7, 11) is 0. The summed E-state index contributed by atoms with van der Waals surface area (Å²) in [5, 5.41) is 6.06. The molecule has 0 radical (unpaired) electrons. The molecular formula is C18H15N3O5S. The van der Waals surface area contributed by atoms with Gasteiger partial charge in [0.2, 0.25) is 11.8 Å². The van der Waals surface area contributed by atoms with E-state index in [2.05, 4.69) is 4.99 Å². The van der Waals surface area contributed by atoms with Crippen molar-refractivity contribution in [3.63, 3.8) is 0 Å². The molecule has 2 N–H and O–H groups in total. The molecule has 0 spiro atoms. The van der Waals surface area contributed by atoms with Crippen molar-refractivity contribution < 1.29 is 23.9 Å². The van der Waals surface area contributed by atoms with Crippen LogP contribution in [-0.4, -0.2) is 36.6 Å². The van der Waals surface area contributed by atoms with E-state index in [-0.39, 0.29) is 12.2 Å². The Morgan fingerprint density at radius 2 is 1.85 bits per heavy atom. The zero-order chi connectivity index (χ0) is 19.4. The predicted octanol–water partition coefficient (Wildman–Crippen LogP) is 2.28. The molecule has 0 aliphatic carbocycles. The van der Waals surface area contributed by atoms with Gasteiger partial charge in [-0.05, 0) is 12.5 Å². The fourth-order valence-corrected chi connectivity index (χ4v) is 3.40. The van der Waals surface area contributed by atoms with Gasteiger partial charge in [-0.2, -0.15) is 0 Å². The molecule has 2 aromatic rings. The zero-order valence-corrected chi connectivity index (χ0v) is 15.0. The number of carbonyl (C=O) groups excluding carboxylic acids is 4. The highest BCUT2D eigenvalue weighted by atomic mass is 32.1. The monoisotopic (exact) mass is 385 g/mol. The average Bonchev–Trinajstić information content (AvgIpc) is 3.06. The second-order valence-electron chi connectivity index (χ2n) is 5.48. The molecule has 0 atom stereocenters. The number of hydrogen-bond donors (Lipinski definition) is 2. The normalized spacial score (nSPS) is 14.9. The van der Waals surface area contributed by atoms with E-state index in [0.717, 1.165) is 11.8 Å². The van der Waals surface area contributed by atoms with E-state index in [1.54, 1.807) is 12.3 Å². The first-order valence-corrected chi connectivity index (χ1v) is 8.93. The first-order chi connectivity index (χ1) is 13.0. The van der Waals surface area contributed by atoms with Crippen molar-refractivity contribution in [1.82, 2.24) is 10.6 Å². The van der Waals surface area contributed by atoms with E-state index < -0.39 is 29.7 Å². The number of rotatable bonds is 5. The number of thiophene rings is 1. The van der Waals surface area contributed by atoms with Crippen molar-refractivity contribution in [3.05, 3.63) is 41.3 Å². The van der Waals surface area contributed by atoms with Crippen LogP contribution < -0.4 is 10.6 Å². The number of ether oxygens (including phenoxy) is 1. The lowest BCUT2D eigenvalue weighted by molar-refractivity contribution is -0.132. The smallest absolute Gasteiger partial charge is 0.341 e. The van der Waals surface area contributed by atoms with E-state index in [1.807, 2.05) is 41.0 Å². The van der Waals surface area contributed by atoms with Crippen LogP contribution in [0.5, 0.6) is 0 Å². The van der Waals surface area contributed by atoms with Gasteiger partial charge in [-0.1, -0.05) is 30.3 Å². The number of benzene rings is 1. The molecule has 1 aromatic heterocycles. The fourth-order valence-electron chi connectivity index (χ4n) is 2.48. The highest BCUT2D eigenvalue weighted by Gasteiger charge is 2.33. The van der Waals surface area contributed by atoms with Gasteiger partial charge in [-0.25, -0.2) is 14.6 Å². The quantitative estimate of drug-likeness (QED) is 0.466. The summed E-state index contributed by atoms with van der Waals surface area (Å²) >= 11 is 1.19. The standard InChI is InChI=1S/C18H15N3O5S/c1-2-26-17(24)13-12(10-6-4-3-5-7-10)9-27-16(13)19-8-11-14(22)20-18(25)21-15(11)23/h3-9,11H,2H2,1H3,(H2,20,21,22,23,25). The number of nitrogens with zero attached hydrogens (tertiary/aromatic N) is 1. The molecular weight excluding hydrogens is 370 g/mol. The summed E-state index contributed by atoms with van der Waals surface area (Å²) in [4.78, 5) is 51.4. The summed E-state index contributed by atoms with van der Waals surface area (Å²) < 4.78 is 5.13. The SMILES string of the molecule is CCOC(=O)c1c(-c2ccccc2)csc1N=CC1C(=O)NC(=O)NC1=O. The van der Waals surface area contributed by atoms with Crippen LogP contribution >= 0.6 is 11.3 Å². The third kappa shape index (κ3) is 3.93. The molecule has 1 saturated heterocycles. The van der Waals surface area contributed by atoms with E-state index in [9.17, 15) is 19.2 Å². The van der Waals surface area contributed by atoms with Crippen LogP contribution in [0.1, 0.15) is 17.3 Å². The molecule has 0 unspecified atom stereocenters. The maximum absolute atomic E-state index is 12.5. The Morgan fingerprint density at radius 1 is 1.19 bits per heavy atom. The van der Waals surface area contributed by atoms with Crippen LogP contribution in [0.3, 0.4) is 0 Å². The fraction of sp³-hybridized carbons (Fsp3) is 0.167. The van der Waals surface area contributed by atoms with Crippen molar-refractivity contribution in [3.8, 4) is 11.1 Å². The number of aliphatic imine (C=N–C) groups is 1. The summed E-state index contributed by atoms with van der Waals surface area (Å²) in [5.74, 6) is -3.35. The predicted molar refractivity (Wildman–Crippen MR) is 99.0 cm³/mol. The Labute approximate surface area is 158 Å². The molecule has 1 aliphatic rings. The van der Waals surface area contributed by atoms with Gasteiger partial charge in [0.25, 0.3) is 0 Å². The van der Waals surface area contributed by atoms with Gasteiger partial charge in [0.05, 0.1) is 6.61 Å². The molecule has 138 valence electrons. The van der Waals surface area contributed by atoms with Gasteiger partial charge in [0, 0.05) is 17.2 Å². The molecule has 1 aromatic carbocycles. The molecule has 9 heteroatoms. The topological polar surface area (TPSA) is 114 Å². The van der Waals surface area contributed by atoms with E-state index in [4.69, 9.17) is 4.74 Å². The van der Waals surface area contributed by atoms with Crippen molar-refractivity contribution in [2.75, 3.05) is 6.61 Å². The number of hydrogen-bond acceptors (Lipinski definition) is 7. The molecule has 27 heavy (non-hydrogen) atoms. The van der Waals surface area contributed by atoms with Crippen LogP contribution in [0.2, 0.25) is 0 Å². The maximum Gasteiger partial charge on any atom is 0.341 e. The molecule has 4 amide bonds. The Kier molecular flexibility index (Phi) is 5.41. The highest BCUT2D eigenvalue weighted by molar-refractivity contribution is 7.14. The van der Waals surface area contributed by atoms with E-state index >= 15 is 0 Å². The number of esters is 1. The van der Waals surface area contributed by atoms with Crippen LogP contribution in [0.15, 0.2) is 40.7 Å². The van der Waals surface area contributed by atoms with Gasteiger partial charge >= 0.3 is 12.0 Å². The minimum absolute atomic E-state index is 0.196. The minimum atomic E-state index is -1.26. The van der Waals surface area contributed by atoms with Gasteiger partial charge in [-0.3, -0.25) is 20.2 Å². The third-order valence-electron chi connectivity index (χ3n) is 3.72. The lowest BCUT2D eigenvalue weighted by Crippen LogP contribution is -2.56. The van der Waals surface area contributed by atoms with Crippen molar-refractivity contribution in [2.24, 2.45) is 10.9 Å². The molecule has 2 heterocycles. The molecule has 8 nitrogen and oxygen atoms in total. The van der Waals surface area contributed by atoms with Gasteiger partial charge in [-0.15, -0.1) is 11.3 Å². The van der Waals surface area contributed by atoms with Gasteiger partial charge in [0.15, 0.2) is 5.92 Å². The van der Waals surface area contributed by atoms with Crippen molar-refractivity contribution in [1.29, 1.82) is 0 Å². The van der Waals surface area contributed by atoms with Crippen LogP contribution in [-0.2, 0) is 14.3 Å². The molecule has 1 aliphatic heterocycles.